The Hall–Kier alpha value is -2.27. The van der Waals surface area contributed by atoms with Crippen LogP contribution in [-0.2, 0) is 5.41 Å². The van der Waals surface area contributed by atoms with E-state index in [0.29, 0.717) is 11.1 Å². The third-order valence-corrected chi connectivity index (χ3v) is 5.33. The minimum Gasteiger partial charge on any atom is -0.364 e. The first-order chi connectivity index (χ1) is 11.3. The molecule has 0 saturated heterocycles. The Kier molecular flexibility index (Phi) is 4.13. The maximum atomic E-state index is 13.2. The highest BCUT2D eigenvalue weighted by atomic mass is 32.1. The summed E-state index contributed by atoms with van der Waals surface area (Å²) in [7, 11) is 0. The molecule has 2 aromatic heterocycles. The van der Waals surface area contributed by atoms with Gasteiger partial charge in [0.05, 0.1) is 11.8 Å². The highest BCUT2D eigenvalue weighted by Gasteiger charge is 2.26. The summed E-state index contributed by atoms with van der Waals surface area (Å²) in [4.78, 5) is 14.2. The summed E-state index contributed by atoms with van der Waals surface area (Å²) in [5.74, 6) is 0.0101. The molecule has 0 saturated carbocycles. The van der Waals surface area contributed by atoms with Crippen LogP contribution < -0.4 is 0 Å². The molecule has 0 radical (unpaired) electrons. The van der Waals surface area contributed by atoms with Crippen molar-refractivity contribution in [1.82, 2.24) is 9.53 Å². The molecule has 0 unspecified atom stereocenters. The van der Waals surface area contributed by atoms with Crippen molar-refractivity contribution in [3.8, 4) is 11.3 Å². The number of ketones is 1. The fourth-order valence-electron chi connectivity index (χ4n) is 2.92. The van der Waals surface area contributed by atoms with E-state index in [1.54, 1.807) is 12.5 Å². The van der Waals surface area contributed by atoms with Gasteiger partial charge in [0.25, 0.3) is 0 Å². The van der Waals surface area contributed by atoms with E-state index in [1.807, 2.05) is 32.0 Å². The number of carbonyl (C=O) groups excluding carboxylic acids is 1. The van der Waals surface area contributed by atoms with Gasteiger partial charge in [0, 0.05) is 22.1 Å². The minimum absolute atomic E-state index is 0.0101. The fourth-order valence-corrected chi connectivity index (χ4v) is 3.70. The fraction of sp³-hybridized carbons (Fsp3) is 0.316. The van der Waals surface area contributed by atoms with Gasteiger partial charge in [0.15, 0.2) is 5.78 Å². The molecule has 3 aromatic rings. The van der Waals surface area contributed by atoms with Gasteiger partial charge < -0.3 is 4.52 Å². The summed E-state index contributed by atoms with van der Waals surface area (Å²) in [5.41, 5.74) is 4.95. The van der Waals surface area contributed by atoms with Crippen molar-refractivity contribution in [1.29, 1.82) is 0 Å². The average Bonchev–Trinajstić information content (AvgIpc) is 3.17. The molecule has 124 valence electrons. The molecular weight excluding hydrogens is 320 g/mol. The third-order valence-electron chi connectivity index (χ3n) is 4.11. The predicted molar refractivity (Wildman–Crippen MR) is 95.7 cm³/mol. The highest BCUT2D eigenvalue weighted by molar-refractivity contribution is 7.06. The number of hydrogen-bond acceptors (Lipinski definition) is 5. The Bertz CT molecular complexity index is 887. The molecule has 24 heavy (non-hydrogen) atoms. The van der Waals surface area contributed by atoms with Crippen LogP contribution in [0.25, 0.3) is 11.3 Å². The number of aromatic nitrogens is 2. The highest BCUT2D eigenvalue weighted by Crippen LogP contribution is 2.33. The van der Waals surface area contributed by atoms with Crippen molar-refractivity contribution in [3.05, 3.63) is 57.8 Å². The minimum atomic E-state index is -0.111. The summed E-state index contributed by atoms with van der Waals surface area (Å²) >= 11 is 1.39. The lowest BCUT2D eigenvalue weighted by Gasteiger charge is -2.18. The summed E-state index contributed by atoms with van der Waals surface area (Å²) in [5, 5.41) is 4.03. The smallest absolute Gasteiger partial charge is 0.196 e. The summed E-state index contributed by atoms with van der Waals surface area (Å²) in [6.45, 7) is 10.3. The number of benzene rings is 1. The molecule has 0 atom stereocenters. The van der Waals surface area contributed by atoms with E-state index in [1.165, 1.54) is 11.5 Å². The Morgan fingerprint density at radius 2 is 1.88 bits per heavy atom. The molecule has 0 bridgehead atoms. The van der Waals surface area contributed by atoms with Crippen LogP contribution in [0.4, 0.5) is 0 Å². The van der Waals surface area contributed by atoms with Gasteiger partial charge in [-0.2, -0.15) is 0 Å². The van der Waals surface area contributed by atoms with Crippen molar-refractivity contribution in [2.75, 3.05) is 0 Å². The van der Waals surface area contributed by atoms with Gasteiger partial charge in [-0.05, 0) is 41.9 Å². The van der Waals surface area contributed by atoms with Crippen LogP contribution in [0.5, 0.6) is 0 Å². The van der Waals surface area contributed by atoms with Crippen LogP contribution in [0.2, 0.25) is 0 Å². The van der Waals surface area contributed by atoms with Gasteiger partial charge >= 0.3 is 0 Å². The monoisotopic (exact) mass is 340 g/mol. The van der Waals surface area contributed by atoms with E-state index >= 15 is 0 Å². The van der Waals surface area contributed by atoms with Crippen LogP contribution in [0.1, 0.15) is 52.7 Å². The molecule has 0 aliphatic rings. The molecule has 3 rings (SSSR count). The van der Waals surface area contributed by atoms with Crippen molar-refractivity contribution in [2.24, 2.45) is 0 Å². The zero-order valence-corrected chi connectivity index (χ0v) is 15.3. The van der Waals surface area contributed by atoms with Crippen LogP contribution >= 0.6 is 11.5 Å². The number of hydrogen-bond donors (Lipinski definition) is 0. The van der Waals surface area contributed by atoms with Crippen LogP contribution in [-0.4, -0.2) is 15.3 Å². The first-order valence-corrected chi connectivity index (χ1v) is 8.59. The SMILES string of the molecule is Cc1ccc(C(=O)c2cnsc2C(C)(C)C)c(C)c1-c1ccon1. The van der Waals surface area contributed by atoms with Gasteiger partial charge in [0.1, 0.15) is 12.0 Å². The number of nitrogens with zero attached hydrogens (tertiary/aromatic N) is 2. The lowest BCUT2D eigenvalue weighted by atomic mass is 9.87. The Morgan fingerprint density at radius 3 is 2.50 bits per heavy atom. The van der Waals surface area contributed by atoms with Crippen molar-refractivity contribution in [2.45, 2.75) is 40.0 Å². The molecule has 2 heterocycles. The number of carbonyl (C=O) groups is 1. The molecule has 0 amide bonds. The molecule has 0 N–H and O–H groups in total. The van der Waals surface area contributed by atoms with Crippen LogP contribution in [0.15, 0.2) is 35.2 Å². The van der Waals surface area contributed by atoms with E-state index in [2.05, 4.69) is 30.3 Å². The lowest BCUT2D eigenvalue weighted by Crippen LogP contribution is -2.15. The normalized spacial score (nSPS) is 11.7. The van der Waals surface area contributed by atoms with Crippen molar-refractivity contribution >= 4 is 17.3 Å². The van der Waals surface area contributed by atoms with Gasteiger partial charge in [-0.15, -0.1) is 0 Å². The maximum absolute atomic E-state index is 13.2. The molecule has 0 spiro atoms. The summed E-state index contributed by atoms with van der Waals surface area (Å²) < 4.78 is 9.22. The zero-order valence-electron chi connectivity index (χ0n) is 14.5. The van der Waals surface area contributed by atoms with E-state index in [4.69, 9.17) is 4.52 Å². The van der Waals surface area contributed by atoms with Crippen LogP contribution in [0.3, 0.4) is 0 Å². The maximum Gasteiger partial charge on any atom is 0.196 e. The zero-order chi connectivity index (χ0) is 17.5. The Labute approximate surface area is 145 Å². The van der Waals surface area contributed by atoms with Gasteiger partial charge in [-0.1, -0.05) is 38.1 Å². The molecule has 0 fully saturated rings. The molecule has 0 aliphatic heterocycles. The molecule has 5 heteroatoms. The predicted octanol–water partition coefficient (Wildman–Crippen LogP) is 4.94. The Morgan fingerprint density at radius 1 is 1.12 bits per heavy atom. The van der Waals surface area contributed by atoms with Crippen LogP contribution in [0, 0.1) is 13.8 Å². The quantitative estimate of drug-likeness (QED) is 0.633. The number of aryl methyl sites for hydroxylation is 1. The standard InChI is InChI=1S/C19H20N2O2S/c1-11-6-7-13(12(2)16(11)15-8-9-23-21-15)17(22)14-10-20-24-18(14)19(3,4)5/h6-10H,1-5H3. The Balaban J connectivity index is 2.13. The average molecular weight is 340 g/mol. The van der Waals surface area contributed by atoms with Gasteiger partial charge in [-0.25, -0.2) is 4.37 Å². The molecule has 0 aliphatic carbocycles. The van der Waals surface area contributed by atoms with Crippen molar-refractivity contribution < 1.29 is 9.32 Å². The van der Waals surface area contributed by atoms with E-state index in [9.17, 15) is 4.79 Å². The number of rotatable bonds is 3. The molecule has 4 nitrogen and oxygen atoms in total. The first-order valence-electron chi connectivity index (χ1n) is 7.81. The second-order valence-corrected chi connectivity index (χ2v) is 7.76. The van der Waals surface area contributed by atoms with E-state index < -0.39 is 0 Å². The van der Waals surface area contributed by atoms with E-state index in [-0.39, 0.29) is 11.2 Å². The van der Waals surface area contributed by atoms with Gasteiger partial charge in [-0.3, -0.25) is 4.79 Å². The lowest BCUT2D eigenvalue weighted by molar-refractivity contribution is 0.103. The van der Waals surface area contributed by atoms with Gasteiger partial charge in [0.2, 0.25) is 0 Å². The summed E-state index contributed by atoms with van der Waals surface area (Å²) in [6, 6.07) is 5.66. The summed E-state index contributed by atoms with van der Waals surface area (Å²) in [6.07, 6.45) is 3.23. The second-order valence-electron chi connectivity index (χ2n) is 6.96. The second kappa shape index (κ2) is 5.98. The molecular formula is C19H20N2O2S. The topological polar surface area (TPSA) is 56.0 Å². The molecule has 1 aromatic carbocycles. The first kappa shape index (κ1) is 16.6. The van der Waals surface area contributed by atoms with E-state index in [0.717, 1.165) is 27.3 Å². The largest absolute Gasteiger partial charge is 0.364 e. The third kappa shape index (κ3) is 2.80. The van der Waals surface area contributed by atoms with Crippen molar-refractivity contribution in [3.63, 3.8) is 0 Å².